The molecule has 0 aromatic carbocycles. The zero-order chi connectivity index (χ0) is 10.4. The number of rotatable bonds is 4. The topological polar surface area (TPSA) is 61.6 Å². The molecule has 0 aliphatic rings. The summed E-state index contributed by atoms with van der Waals surface area (Å²) in [5.41, 5.74) is 0. The van der Waals surface area contributed by atoms with Gasteiger partial charge in [0.2, 0.25) is 5.82 Å². The minimum absolute atomic E-state index is 0.201. The largest absolute Gasteiger partial charge is 0.369 e. The van der Waals surface area contributed by atoms with Gasteiger partial charge in [0.1, 0.15) is 11.9 Å². The number of nitrogens with one attached hydrogen (secondary N) is 1. The highest BCUT2D eigenvalue weighted by molar-refractivity contribution is 7.99. The molecule has 14 heavy (non-hydrogen) atoms. The highest BCUT2D eigenvalue weighted by atomic mass is 32.2. The predicted octanol–water partition coefficient (Wildman–Crippen LogP) is 1.51. The predicted molar refractivity (Wildman–Crippen MR) is 58.2 cm³/mol. The van der Waals surface area contributed by atoms with Crippen LogP contribution in [0.25, 0.3) is 0 Å². The smallest absolute Gasteiger partial charge is 0.234 e. The lowest BCUT2D eigenvalue weighted by Gasteiger charge is -2.09. The van der Waals surface area contributed by atoms with Gasteiger partial charge in [0.05, 0.1) is 0 Å². The number of hydrogen-bond acceptors (Lipinski definition) is 5. The molecule has 0 aliphatic carbocycles. The molecule has 1 aromatic rings. The van der Waals surface area contributed by atoms with E-state index < -0.39 is 0 Å². The molecular weight excluding hydrogens is 196 g/mol. The van der Waals surface area contributed by atoms with Crippen LogP contribution in [0.4, 0.5) is 5.82 Å². The lowest BCUT2D eigenvalue weighted by atomic mass is 10.4. The minimum Gasteiger partial charge on any atom is -0.369 e. The van der Waals surface area contributed by atoms with Gasteiger partial charge in [-0.1, -0.05) is 6.92 Å². The van der Waals surface area contributed by atoms with E-state index in [1.165, 1.54) is 0 Å². The summed E-state index contributed by atoms with van der Waals surface area (Å²) in [6, 6.07) is 3.66. The molecule has 0 fully saturated rings. The first-order valence-corrected chi connectivity index (χ1v) is 5.55. The molecule has 0 aliphatic heterocycles. The number of nitriles is 1. The van der Waals surface area contributed by atoms with Crippen LogP contribution in [0.15, 0.2) is 12.3 Å². The highest BCUT2D eigenvalue weighted by Crippen LogP contribution is 2.07. The molecule has 0 saturated heterocycles. The summed E-state index contributed by atoms with van der Waals surface area (Å²) in [7, 11) is 0. The maximum Gasteiger partial charge on any atom is 0.234 e. The van der Waals surface area contributed by atoms with Crippen LogP contribution in [0, 0.1) is 11.3 Å². The van der Waals surface area contributed by atoms with E-state index in [0.717, 1.165) is 6.54 Å². The molecule has 1 rings (SSSR count). The van der Waals surface area contributed by atoms with Crippen molar-refractivity contribution in [1.29, 1.82) is 5.26 Å². The molecule has 0 bridgehead atoms. The van der Waals surface area contributed by atoms with Gasteiger partial charge in [0.25, 0.3) is 0 Å². The average molecular weight is 208 g/mol. The summed E-state index contributed by atoms with van der Waals surface area (Å²) in [4.78, 5) is 7.79. The molecule has 1 atom stereocenters. The first-order chi connectivity index (χ1) is 6.76. The Bertz CT molecular complexity index is 334. The Kier molecular flexibility index (Phi) is 4.20. The summed E-state index contributed by atoms with van der Waals surface area (Å²) >= 11 is 1.78. The summed E-state index contributed by atoms with van der Waals surface area (Å²) in [6.45, 7) is 2.97. The third-order valence-corrected chi connectivity index (χ3v) is 2.70. The molecule has 0 radical (unpaired) electrons. The number of hydrogen-bond donors (Lipinski definition) is 1. The second-order valence-electron chi connectivity index (χ2n) is 2.80. The normalized spacial score (nSPS) is 11.8. The minimum atomic E-state index is 0.201. The fourth-order valence-corrected chi connectivity index (χ4v) is 1.09. The van der Waals surface area contributed by atoms with Crippen LogP contribution < -0.4 is 5.32 Å². The van der Waals surface area contributed by atoms with Crippen LogP contribution in [0.1, 0.15) is 12.7 Å². The van der Waals surface area contributed by atoms with Crippen LogP contribution in [0.2, 0.25) is 0 Å². The van der Waals surface area contributed by atoms with Gasteiger partial charge in [-0.25, -0.2) is 9.97 Å². The highest BCUT2D eigenvalue weighted by Gasteiger charge is 2.00. The zero-order valence-electron chi connectivity index (χ0n) is 8.19. The van der Waals surface area contributed by atoms with E-state index in [1.807, 2.05) is 6.07 Å². The lowest BCUT2D eigenvalue weighted by molar-refractivity contribution is 0.981. The second kappa shape index (κ2) is 5.45. The van der Waals surface area contributed by atoms with Gasteiger partial charge in [0, 0.05) is 18.0 Å². The monoisotopic (exact) mass is 208 g/mol. The van der Waals surface area contributed by atoms with Gasteiger partial charge in [0.15, 0.2) is 0 Å². The number of anilines is 1. The SMILES string of the molecule is CSC(C)CNc1ccnc(C#N)n1. The van der Waals surface area contributed by atoms with E-state index in [9.17, 15) is 0 Å². The lowest BCUT2D eigenvalue weighted by Crippen LogP contribution is -2.13. The molecule has 5 heteroatoms. The Labute approximate surface area is 87.8 Å². The Balaban J connectivity index is 2.55. The molecule has 0 saturated carbocycles. The zero-order valence-corrected chi connectivity index (χ0v) is 9.01. The van der Waals surface area contributed by atoms with Crippen molar-refractivity contribution in [1.82, 2.24) is 9.97 Å². The van der Waals surface area contributed by atoms with Crippen molar-refractivity contribution in [2.24, 2.45) is 0 Å². The van der Waals surface area contributed by atoms with Gasteiger partial charge in [-0.3, -0.25) is 0 Å². The molecule has 4 nitrogen and oxygen atoms in total. The van der Waals surface area contributed by atoms with E-state index in [0.29, 0.717) is 11.1 Å². The summed E-state index contributed by atoms with van der Waals surface area (Å²) in [5, 5.41) is 12.2. The number of thioether (sulfide) groups is 1. The van der Waals surface area contributed by atoms with Crippen LogP contribution in [0.3, 0.4) is 0 Å². The van der Waals surface area contributed by atoms with Crippen LogP contribution in [-0.2, 0) is 0 Å². The Morgan fingerprint density at radius 3 is 3.14 bits per heavy atom. The van der Waals surface area contributed by atoms with Crippen LogP contribution in [-0.4, -0.2) is 28.0 Å². The standard InChI is InChI=1S/C9H12N4S/c1-7(14-2)6-12-8-3-4-11-9(5-10)13-8/h3-4,7H,6H2,1-2H3,(H,11,12,13). The van der Waals surface area contributed by atoms with E-state index in [-0.39, 0.29) is 5.82 Å². The third kappa shape index (κ3) is 3.23. The molecule has 1 unspecified atom stereocenters. The van der Waals surface area contributed by atoms with Crippen molar-refractivity contribution in [2.75, 3.05) is 18.1 Å². The summed E-state index contributed by atoms with van der Waals surface area (Å²) < 4.78 is 0. The van der Waals surface area contributed by atoms with Crippen molar-refractivity contribution in [3.63, 3.8) is 0 Å². The maximum absolute atomic E-state index is 8.58. The number of aromatic nitrogens is 2. The molecule has 0 amide bonds. The summed E-state index contributed by atoms with van der Waals surface area (Å²) in [5.74, 6) is 0.907. The molecule has 0 spiro atoms. The quantitative estimate of drug-likeness (QED) is 0.812. The molecule has 1 N–H and O–H groups in total. The fourth-order valence-electron chi connectivity index (χ4n) is 0.843. The molecule has 1 heterocycles. The Hall–Kier alpha value is -1.28. The first kappa shape index (κ1) is 10.8. The van der Waals surface area contributed by atoms with Crippen LogP contribution in [0.5, 0.6) is 0 Å². The van der Waals surface area contributed by atoms with Gasteiger partial charge >= 0.3 is 0 Å². The summed E-state index contributed by atoms with van der Waals surface area (Å²) in [6.07, 6.45) is 3.64. The van der Waals surface area contributed by atoms with E-state index in [2.05, 4.69) is 28.5 Å². The van der Waals surface area contributed by atoms with Crippen molar-refractivity contribution < 1.29 is 0 Å². The van der Waals surface area contributed by atoms with Crippen molar-refractivity contribution in [3.8, 4) is 6.07 Å². The van der Waals surface area contributed by atoms with E-state index in [1.54, 1.807) is 24.0 Å². The van der Waals surface area contributed by atoms with Crippen LogP contribution >= 0.6 is 11.8 Å². The van der Waals surface area contributed by atoms with Gasteiger partial charge in [-0.15, -0.1) is 0 Å². The molecule has 1 aromatic heterocycles. The van der Waals surface area contributed by atoms with Crippen molar-refractivity contribution in [2.45, 2.75) is 12.2 Å². The van der Waals surface area contributed by atoms with E-state index >= 15 is 0 Å². The molecular formula is C9H12N4S. The maximum atomic E-state index is 8.58. The average Bonchev–Trinajstić information content (AvgIpc) is 2.26. The fraction of sp³-hybridized carbons (Fsp3) is 0.444. The van der Waals surface area contributed by atoms with Gasteiger partial charge in [-0.2, -0.15) is 17.0 Å². The van der Waals surface area contributed by atoms with Gasteiger partial charge < -0.3 is 5.32 Å². The Morgan fingerprint density at radius 2 is 2.50 bits per heavy atom. The van der Waals surface area contributed by atoms with Crippen molar-refractivity contribution >= 4 is 17.6 Å². The van der Waals surface area contributed by atoms with Crippen molar-refractivity contribution in [3.05, 3.63) is 18.1 Å². The molecule has 74 valence electrons. The second-order valence-corrected chi connectivity index (χ2v) is 4.08. The number of nitrogens with zero attached hydrogens (tertiary/aromatic N) is 3. The first-order valence-electron chi connectivity index (χ1n) is 4.26. The van der Waals surface area contributed by atoms with E-state index in [4.69, 9.17) is 5.26 Å². The van der Waals surface area contributed by atoms with Gasteiger partial charge in [-0.05, 0) is 12.3 Å². The third-order valence-electron chi connectivity index (χ3n) is 1.73. The Morgan fingerprint density at radius 1 is 1.71 bits per heavy atom.